The number of nitrogens with one attached hydrogen (secondary N) is 1. The summed E-state index contributed by atoms with van der Waals surface area (Å²) in [5.74, 6) is 0.755. The Hall–Kier alpha value is -0.930. The van der Waals surface area contributed by atoms with Crippen molar-refractivity contribution in [3.63, 3.8) is 0 Å². The van der Waals surface area contributed by atoms with Gasteiger partial charge in [0, 0.05) is 6.04 Å². The smallest absolute Gasteiger partial charge is 0.160 e. The molecule has 0 unspecified atom stereocenters. The Kier molecular flexibility index (Phi) is 4.24. The lowest BCUT2D eigenvalue weighted by atomic mass is 10.0. The van der Waals surface area contributed by atoms with Gasteiger partial charge in [0.05, 0.1) is 7.11 Å². The summed E-state index contributed by atoms with van der Waals surface area (Å²) in [6.45, 7) is 1.07. The molecule has 0 aliphatic carbocycles. The summed E-state index contributed by atoms with van der Waals surface area (Å²) < 4.78 is 4.99. The van der Waals surface area contributed by atoms with Crippen LogP contribution in [-0.4, -0.2) is 18.8 Å². The van der Waals surface area contributed by atoms with E-state index in [1.807, 2.05) is 12.1 Å². The number of ether oxygens (including phenoxy) is 1. The maximum Gasteiger partial charge on any atom is 0.160 e. The molecule has 0 radical (unpaired) electrons. The summed E-state index contributed by atoms with van der Waals surface area (Å²) in [6.07, 6.45) is 2.35. The van der Waals surface area contributed by atoms with E-state index in [0.29, 0.717) is 11.8 Å². The van der Waals surface area contributed by atoms with Crippen molar-refractivity contribution in [2.75, 3.05) is 13.7 Å². The number of halogens is 1. The van der Waals surface area contributed by atoms with Crippen LogP contribution in [0.25, 0.3) is 0 Å². The average Bonchev–Trinajstić information content (AvgIpc) is 2.70. The van der Waals surface area contributed by atoms with Gasteiger partial charge in [0.1, 0.15) is 0 Å². The fourth-order valence-corrected chi connectivity index (χ4v) is 1.89. The van der Waals surface area contributed by atoms with E-state index in [0.717, 1.165) is 18.5 Å². The van der Waals surface area contributed by atoms with E-state index in [9.17, 15) is 5.11 Å². The second-order valence-corrected chi connectivity index (χ2v) is 3.58. The molecule has 0 spiro atoms. The van der Waals surface area contributed by atoms with Gasteiger partial charge in [-0.05, 0) is 37.1 Å². The molecule has 1 aromatic carbocycles. The zero-order valence-corrected chi connectivity index (χ0v) is 9.51. The lowest BCUT2D eigenvalue weighted by molar-refractivity contribution is 0.372. The van der Waals surface area contributed by atoms with Gasteiger partial charge in [-0.2, -0.15) is 0 Å². The average molecular weight is 230 g/mol. The van der Waals surface area contributed by atoms with Gasteiger partial charge in [-0.25, -0.2) is 0 Å². The van der Waals surface area contributed by atoms with Crippen LogP contribution >= 0.6 is 12.4 Å². The second kappa shape index (κ2) is 5.24. The minimum Gasteiger partial charge on any atom is -0.504 e. The van der Waals surface area contributed by atoms with Crippen molar-refractivity contribution in [1.29, 1.82) is 0 Å². The molecule has 1 aliphatic rings. The molecule has 2 N–H and O–H groups in total. The summed E-state index contributed by atoms with van der Waals surface area (Å²) in [6, 6.07) is 5.99. The highest BCUT2D eigenvalue weighted by Crippen LogP contribution is 2.31. The second-order valence-electron chi connectivity index (χ2n) is 3.58. The van der Waals surface area contributed by atoms with E-state index in [1.165, 1.54) is 6.42 Å². The largest absolute Gasteiger partial charge is 0.504 e. The Morgan fingerprint density at radius 2 is 2.27 bits per heavy atom. The molecule has 1 heterocycles. The Balaban J connectivity index is 0.00000112. The number of phenols is 1. The zero-order chi connectivity index (χ0) is 9.97. The SMILES string of the molecule is COc1ccc([C@H]2CCCN2)cc1O.Cl. The molecular formula is C11H16ClNO2. The van der Waals surface area contributed by atoms with Crippen LogP contribution in [0.5, 0.6) is 11.5 Å². The highest BCUT2D eigenvalue weighted by Gasteiger charge is 2.17. The topological polar surface area (TPSA) is 41.5 Å². The van der Waals surface area contributed by atoms with Gasteiger partial charge < -0.3 is 15.2 Å². The molecule has 1 aliphatic heterocycles. The number of aromatic hydroxyl groups is 1. The predicted molar refractivity (Wildman–Crippen MR) is 61.9 cm³/mol. The van der Waals surface area contributed by atoms with Gasteiger partial charge >= 0.3 is 0 Å². The van der Waals surface area contributed by atoms with Crippen molar-refractivity contribution in [2.24, 2.45) is 0 Å². The van der Waals surface area contributed by atoms with E-state index >= 15 is 0 Å². The van der Waals surface area contributed by atoms with Crippen LogP contribution < -0.4 is 10.1 Å². The lowest BCUT2D eigenvalue weighted by Crippen LogP contribution is -2.12. The molecular weight excluding hydrogens is 214 g/mol. The number of rotatable bonds is 2. The quantitative estimate of drug-likeness (QED) is 0.818. The van der Waals surface area contributed by atoms with E-state index in [1.54, 1.807) is 13.2 Å². The van der Waals surface area contributed by atoms with Crippen LogP contribution in [-0.2, 0) is 0 Å². The fourth-order valence-electron chi connectivity index (χ4n) is 1.89. The van der Waals surface area contributed by atoms with Crippen LogP contribution in [0.1, 0.15) is 24.4 Å². The van der Waals surface area contributed by atoms with E-state index in [4.69, 9.17) is 4.74 Å². The molecule has 0 amide bonds. The molecule has 4 heteroatoms. The third kappa shape index (κ3) is 2.55. The molecule has 1 fully saturated rings. The number of benzene rings is 1. The van der Waals surface area contributed by atoms with E-state index in [2.05, 4.69) is 5.32 Å². The highest BCUT2D eigenvalue weighted by molar-refractivity contribution is 5.85. The van der Waals surface area contributed by atoms with Crippen molar-refractivity contribution in [2.45, 2.75) is 18.9 Å². The number of phenolic OH excluding ortho intramolecular Hbond substituents is 1. The number of hydrogen-bond donors (Lipinski definition) is 2. The van der Waals surface area contributed by atoms with Crippen molar-refractivity contribution >= 4 is 12.4 Å². The first kappa shape index (κ1) is 12.1. The molecule has 3 nitrogen and oxygen atoms in total. The molecule has 1 aromatic rings. The standard InChI is InChI=1S/C11H15NO2.ClH/c1-14-11-5-4-8(7-10(11)13)9-3-2-6-12-9;/h4-5,7,9,12-13H,2-3,6H2,1H3;1H/t9-;/m1./s1. The van der Waals surface area contributed by atoms with Crippen molar-refractivity contribution in [3.05, 3.63) is 23.8 Å². The highest BCUT2D eigenvalue weighted by atomic mass is 35.5. The van der Waals surface area contributed by atoms with Crippen molar-refractivity contribution < 1.29 is 9.84 Å². The summed E-state index contributed by atoms with van der Waals surface area (Å²) in [5, 5.41) is 13.0. The predicted octanol–water partition coefficient (Wildman–Crippen LogP) is 2.25. The van der Waals surface area contributed by atoms with Gasteiger partial charge in [-0.15, -0.1) is 12.4 Å². The van der Waals surface area contributed by atoms with Crippen LogP contribution in [0.3, 0.4) is 0 Å². The molecule has 0 saturated carbocycles. The first-order valence-electron chi connectivity index (χ1n) is 4.91. The third-order valence-corrected chi connectivity index (χ3v) is 2.67. The first-order chi connectivity index (χ1) is 6.81. The molecule has 1 atom stereocenters. The molecule has 2 rings (SSSR count). The Morgan fingerprint density at radius 1 is 1.47 bits per heavy atom. The Morgan fingerprint density at radius 3 is 2.80 bits per heavy atom. The first-order valence-corrected chi connectivity index (χ1v) is 4.91. The zero-order valence-electron chi connectivity index (χ0n) is 8.69. The van der Waals surface area contributed by atoms with Crippen LogP contribution in [0.2, 0.25) is 0 Å². The van der Waals surface area contributed by atoms with Gasteiger partial charge in [0.2, 0.25) is 0 Å². The summed E-state index contributed by atoms with van der Waals surface area (Å²) >= 11 is 0. The summed E-state index contributed by atoms with van der Waals surface area (Å²) in [7, 11) is 1.56. The maximum absolute atomic E-state index is 9.60. The Bertz CT molecular complexity index is 324. The normalized spacial score (nSPS) is 19.7. The van der Waals surface area contributed by atoms with Crippen LogP contribution in [0, 0.1) is 0 Å². The van der Waals surface area contributed by atoms with Crippen molar-refractivity contribution in [1.82, 2.24) is 5.32 Å². The third-order valence-electron chi connectivity index (χ3n) is 2.67. The maximum atomic E-state index is 9.60. The van der Waals surface area contributed by atoms with Gasteiger partial charge in [0.25, 0.3) is 0 Å². The molecule has 1 saturated heterocycles. The number of methoxy groups -OCH3 is 1. The van der Waals surface area contributed by atoms with Crippen LogP contribution in [0.15, 0.2) is 18.2 Å². The van der Waals surface area contributed by atoms with Crippen molar-refractivity contribution in [3.8, 4) is 11.5 Å². The van der Waals surface area contributed by atoms with E-state index in [-0.39, 0.29) is 18.2 Å². The van der Waals surface area contributed by atoms with E-state index < -0.39 is 0 Å². The molecule has 0 bridgehead atoms. The number of hydrogen-bond acceptors (Lipinski definition) is 3. The molecule has 15 heavy (non-hydrogen) atoms. The summed E-state index contributed by atoms with van der Waals surface area (Å²) in [4.78, 5) is 0. The molecule has 84 valence electrons. The minimum atomic E-state index is 0. The molecule has 0 aromatic heterocycles. The monoisotopic (exact) mass is 229 g/mol. The van der Waals surface area contributed by atoms with Crippen LogP contribution in [0.4, 0.5) is 0 Å². The minimum absolute atomic E-state index is 0. The Labute approximate surface area is 95.9 Å². The fraction of sp³-hybridized carbons (Fsp3) is 0.455. The lowest BCUT2D eigenvalue weighted by Gasteiger charge is -2.12. The summed E-state index contributed by atoms with van der Waals surface area (Å²) in [5.41, 5.74) is 1.14. The van der Waals surface area contributed by atoms with Gasteiger partial charge in [-0.3, -0.25) is 0 Å². The van der Waals surface area contributed by atoms with Gasteiger partial charge in [-0.1, -0.05) is 6.07 Å². The van der Waals surface area contributed by atoms with Gasteiger partial charge in [0.15, 0.2) is 11.5 Å².